The molecule has 0 unspecified atom stereocenters. The summed E-state index contributed by atoms with van der Waals surface area (Å²) in [5.41, 5.74) is 0.792. The molecule has 0 aromatic heterocycles. The number of rotatable bonds is 6. The van der Waals surface area contributed by atoms with Crippen LogP contribution in [-0.2, 0) is 14.9 Å². The van der Waals surface area contributed by atoms with Gasteiger partial charge in [0.1, 0.15) is 16.7 Å². The first-order chi connectivity index (χ1) is 12.4. The molecule has 2 aliphatic rings. The summed E-state index contributed by atoms with van der Waals surface area (Å²) in [7, 11) is 1.38. The Morgan fingerprint density at radius 1 is 1.08 bits per heavy atom. The van der Waals surface area contributed by atoms with E-state index in [4.69, 9.17) is 14.3 Å². The monoisotopic (exact) mass is 384 g/mol. The molecular weight excluding hydrogens is 356 g/mol. The van der Waals surface area contributed by atoms with Gasteiger partial charge in [-0.15, -0.1) is 0 Å². The second kappa shape index (κ2) is 8.12. The molecule has 1 saturated carbocycles. The molecule has 8 heteroatoms. The van der Waals surface area contributed by atoms with E-state index in [9.17, 15) is 8.42 Å². The highest BCUT2D eigenvalue weighted by atomic mass is 32.2. The van der Waals surface area contributed by atoms with Crippen molar-refractivity contribution in [2.75, 3.05) is 27.9 Å². The van der Waals surface area contributed by atoms with Crippen LogP contribution in [0.3, 0.4) is 0 Å². The van der Waals surface area contributed by atoms with E-state index in [1.54, 1.807) is 32.4 Å². The Kier molecular flexibility index (Phi) is 6.06. The second-order valence-electron chi connectivity index (χ2n) is 6.97. The van der Waals surface area contributed by atoms with Crippen LogP contribution in [0.5, 0.6) is 11.5 Å². The van der Waals surface area contributed by atoms with Crippen molar-refractivity contribution in [3.63, 3.8) is 0 Å². The van der Waals surface area contributed by atoms with Crippen molar-refractivity contribution in [1.29, 1.82) is 0 Å². The summed E-state index contributed by atoms with van der Waals surface area (Å²) >= 11 is 0. The summed E-state index contributed by atoms with van der Waals surface area (Å²) < 4.78 is 39.7. The van der Waals surface area contributed by atoms with Crippen molar-refractivity contribution in [3.05, 3.63) is 23.8 Å². The molecule has 2 atom stereocenters. The molecule has 1 saturated heterocycles. The molecule has 1 heterocycles. The lowest BCUT2D eigenvalue weighted by Crippen LogP contribution is -2.44. The molecule has 7 nitrogen and oxygen atoms in total. The van der Waals surface area contributed by atoms with Crippen LogP contribution in [-0.4, -0.2) is 52.6 Å². The van der Waals surface area contributed by atoms with Crippen molar-refractivity contribution in [2.24, 2.45) is 0 Å². The molecule has 0 radical (unpaired) electrons. The molecule has 1 aromatic rings. The van der Waals surface area contributed by atoms with Crippen molar-refractivity contribution in [3.8, 4) is 11.5 Å². The van der Waals surface area contributed by atoms with Crippen LogP contribution in [0.25, 0.3) is 0 Å². The van der Waals surface area contributed by atoms with Gasteiger partial charge in [-0.05, 0) is 30.5 Å². The van der Waals surface area contributed by atoms with Crippen molar-refractivity contribution in [2.45, 2.75) is 49.4 Å². The van der Waals surface area contributed by atoms with Gasteiger partial charge in [-0.2, -0.15) is 5.06 Å². The predicted molar refractivity (Wildman–Crippen MR) is 98.7 cm³/mol. The zero-order chi connectivity index (χ0) is 18.7. The number of hydroxylamine groups is 2. The maximum atomic E-state index is 13.1. The van der Waals surface area contributed by atoms with Crippen LogP contribution < -0.4 is 14.2 Å². The minimum Gasteiger partial charge on any atom is -0.497 e. The van der Waals surface area contributed by atoms with Gasteiger partial charge in [-0.3, -0.25) is 4.84 Å². The third-order valence-electron chi connectivity index (χ3n) is 5.24. The lowest BCUT2D eigenvalue weighted by molar-refractivity contribution is -0.110. The first-order valence-electron chi connectivity index (χ1n) is 9.04. The van der Waals surface area contributed by atoms with Gasteiger partial charge in [0.15, 0.2) is 0 Å². The third-order valence-corrected chi connectivity index (χ3v) is 7.09. The number of ether oxygens (including phenoxy) is 2. The number of nitrogens with zero attached hydrogens (tertiary/aromatic N) is 1. The molecule has 1 aromatic carbocycles. The second-order valence-corrected chi connectivity index (χ2v) is 8.90. The summed E-state index contributed by atoms with van der Waals surface area (Å²) in [5.74, 6) is 1.24. The fourth-order valence-electron chi connectivity index (χ4n) is 3.82. The Morgan fingerprint density at radius 3 is 2.27 bits per heavy atom. The third kappa shape index (κ3) is 4.14. The summed E-state index contributed by atoms with van der Waals surface area (Å²) in [6.07, 6.45) is 5.13. The highest BCUT2D eigenvalue weighted by Crippen LogP contribution is 2.37. The van der Waals surface area contributed by atoms with E-state index >= 15 is 0 Å². The van der Waals surface area contributed by atoms with E-state index in [2.05, 4.69) is 4.72 Å². The molecule has 2 fully saturated rings. The van der Waals surface area contributed by atoms with Gasteiger partial charge in [0, 0.05) is 19.2 Å². The fraction of sp³-hybridized carbons (Fsp3) is 0.667. The SMILES string of the molecule is COc1cc(OC)cc([C@@H]2[C@@H](S(=O)(=O)NC3CCCCC3)CON2C)c1. The zero-order valence-electron chi connectivity index (χ0n) is 15.6. The predicted octanol–water partition coefficient (Wildman–Crippen LogP) is 2.24. The maximum Gasteiger partial charge on any atom is 0.219 e. The van der Waals surface area contributed by atoms with Gasteiger partial charge >= 0.3 is 0 Å². The van der Waals surface area contributed by atoms with Crippen LogP contribution in [0.15, 0.2) is 18.2 Å². The Morgan fingerprint density at radius 2 is 1.69 bits per heavy atom. The molecular formula is C18H28N2O5S. The number of methoxy groups -OCH3 is 2. The van der Waals surface area contributed by atoms with E-state index < -0.39 is 21.3 Å². The van der Waals surface area contributed by atoms with Gasteiger partial charge in [0.25, 0.3) is 0 Å². The van der Waals surface area contributed by atoms with Gasteiger partial charge in [-0.1, -0.05) is 19.3 Å². The fourth-order valence-corrected chi connectivity index (χ4v) is 5.60. The summed E-state index contributed by atoms with van der Waals surface area (Å²) in [4.78, 5) is 5.59. The van der Waals surface area contributed by atoms with Crippen LogP contribution in [0.2, 0.25) is 0 Å². The lowest BCUT2D eigenvalue weighted by Gasteiger charge is -2.27. The van der Waals surface area contributed by atoms with Gasteiger partial charge in [0.05, 0.1) is 26.9 Å². The molecule has 3 rings (SSSR count). The molecule has 1 N–H and O–H groups in total. The van der Waals surface area contributed by atoms with Gasteiger partial charge in [0.2, 0.25) is 10.0 Å². The highest BCUT2D eigenvalue weighted by Gasteiger charge is 2.44. The Labute approximate surface area is 155 Å². The zero-order valence-corrected chi connectivity index (χ0v) is 16.4. The number of sulfonamides is 1. The van der Waals surface area contributed by atoms with Gasteiger partial charge < -0.3 is 9.47 Å². The minimum absolute atomic E-state index is 0.0279. The van der Waals surface area contributed by atoms with Gasteiger partial charge in [-0.25, -0.2) is 13.1 Å². The Bertz CT molecular complexity index is 696. The number of hydrogen-bond donors (Lipinski definition) is 1. The summed E-state index contributed by atoms with van der Waals surface area (Å²) in [5, 5.41) is 0.921. The molecule has 0 spiro atoms. The minimum atomic E-state index is -3.53. The quantitative estimate of drug-likeness (QED) is 0.811. The lowest BCUT2D eigenvalue weighted by atomic mass is 9.96. The smallest absolute Gasteiger partial charge is 0.219 e. The Hall–Kier alpha value is -1.35. The molecule has 26 heavy (non-hydrogen) atoms. The average molecular weight is 384 g/mol. The first kappa shape index (κ1) is 19.4. The van der Waals surface area contributed by atoms with E-state index in [0.717, 1.165) is 31.2 Å². The molecule has 1 aliphatic carbocycles. The van der Waals surface area contributed by atoms with Crippen LogP contribution in [0, 0.1) is 0 Å². The van der Waals surface area contributed by atoms with E-state index in [1.165, 1.54) is 6.42 Å². The van der Waals surface area contributed by atoms with Crippen LogP contribution >= 0.6 is 0 Å². The van der Waals surface area contributed by atoms with E-state index in [0.29, 0.717) is 11.5 Å². The van der Waals surface area contributed by atoms with E-state index in [-0.39, 0.29) is 12.6 Å². The van der Waals surface area contributed by atoms with Crippen molar-refractivity contribution >= 4 is 10.0 Å². The summed E-state index contributed by atoms with van der Waals surface area (Å²) in [6, 6.07) is 5.03. The maximum absolute atomic E-state index is 13.1. The molecule has 146 valence electrons. The summed E-state index contributed by atoms with van der Waals surface area (Å²) in [6.45, 7) is 0.128. The standard InChI is InChI=1S/C18H28N2O5S/c1-20-18(13-9-15(23-2)11-16(10-13)24-3)17(12-25-20)26(21,22)19-14-7-5-4-6-8-14/h9-11,14,17-19H,4-8,12H2,1-3H3/t17-,18+/m0/s1. The number of hydrogen-bond acceptors (Lipinski definition) is 6. The molecule has 0 bridgehead atoms. The molecule has 0 amide bonds. The van der Waals surface area contributed by atoms with Crippen LogP contribution in [0.1, 0.15) is 43.7 Å². The number of nitrogens with one attached hydrogen (secondary N) is 1. The van der Waals surface area contributed by atoms with Crippen LogP contribution in [0.4, 0.5) is 0 Å². The van der Waals surface area contributed by atoms with Crippen molar-refractivity contribution in [1.82, 2.24) is 9.79 Å². The first-order valence-corrected chi connectivity index (χ1v) is 10.6. The Balaban J connectivity index is 1.87. The molecule has 1 aliphatic heterocycles. The normalized spacial score (nSPS) is 25.3. The highest BCUT2D eigenvalue weighted by molar-refractivity contribution is 7.90. The topological polar surface area (TPSA) is 77.1 Å². The van der Waals surface area contributed by atoms with E-state index in [1.807, 2.05) is 12.1 Å². The average Bonchev–Trinajstić information content (AvgIpc) is 3.04. The number of benzene rings is 1. The largest absolute Gasteiger partial charge is 0.497 e. The van der Waals surface area contributed by atoms with Crippen molar-refractivity contribution < 1.29 is 22.7 Å².